The Hall–Kier alpha value is -1.34. The van der Waals surface area contributed by atoms with Gasteiger partial charge in [-0.25, -0.2) is 0 Å². The number of aromatic hydroxyl groups is 2. The molecule has 0 spiro atoms. The molecule has 0 aliphatic rings. The Labute approximate surface area is 102 Å². The molecule has 0 amide bonds. The van der Waals surface area contributed by atoms with E-state index >= 15 is 0 Å². The molecule has 15 heavy (non-hydrogen) atoms. The van der Waals surface area contributed by atoms with Gasteiger partial charge in [-0.05, 0) is 24.3 Å². The van der Waals surface area contributed by atoms with Crippen molar-refractivity contribution in [3.05, 3.63) is 60.7 Å². The second-order valence-corrected chi connectivity index (χ2v) is 2.67. The second-order valence-electron chi connectivity index (χ2n) is 2.67. The maximum Gasteiger partial charge on any atom is 0.115 e. The van der Waals surface area contributed by atoms with Crippen LogP contribution in [0.2, 0.25) is 0 Å². The first kappa shape index (κ1) is 13.7. The number of phenols is 2. The number of hydrogen-bond donors (Lipinski definition) is 2. The van der Waals surface area contributed by atoms with Crippen molar-refractivity contribution in [2.75, 3.05) is 0 Å². The van der Waals surface area contributed by atoms with Gasteiger partial charge in [-0.1, -0.05) is 36.4 Å². The Balaban J connectivity index is 0.000000245. The van der Waals surface area contributed by atoms with Crippen molar-refractivity contribution in [2.24, 2.45) is 0 Å². The van der Waals surface area contributed by atoms with Gasteiger partial charge in [0.25, 0.3) is 0 Å². The average Bonchev–Trinajstić information content (AvgIpc) is 2.21. The number of hydrogen-bond acceptors (Lipinski definition) is 2. The predicted molar refractivity (Wildman–Crippen MR) is 56.2 cm³/mol. The van der Waals surface area contributed by atoms with Gasteiger partial charge in [0.15, 0.2) is 0 Å². The number of para-hydroxylation sites is 2. The van der Waals surface area contributed by atoms with Gasteiger partial charge in [0, 0.05) is 19.5 Å². The molecule has 0 unspecified atom stereocenters. The fourth-order valence-corrected chi connectivity index (χ4v) is 0.856. The molecule has 0 fully saturated rings. The van der Waals surface area contributed by atoms with Crippen molar-refractivity contribution in [2.45, 2.75) is 0 Å². The summed E-state index contributed by atoms with van der Waals surface area (Å²) < 4.78 is 0. The average molecular weight is 289 g/mol. The molecule has 0 atom stereocenters. The fraction of sp³-hybridized carbons (Fsp3) is 0. The first-order valence-electron chi connectivity index (χ1n) is 4.27. The molecular weight excluding hydrogens is 277 g/mol. The molecule has 2 aromatic carbocycles. The van der Waals surface area contributed by atoms with E-state index in [0.29, 0.717) is 11.5 Å². The molecule has 2 aromatic rings. The SMILES string of the molecule is Oc1ccccc1.Oc1ccccc1.[Ru]. The van der Waals surface area contributed by atoms with Crippen LogP contribution >= 0.6 is 0 Å². The molecule has 0 heterocycles. The largest absolute Gasteiger partial charge is 0.508 e. The molecule has 0 bridgehead atoms. The first-order chi connectivity index (χ1) is 6.79. The summed E-state index contributed by atoms with van der Waals surface area (Å²) in [5.41, 5.74) is 0. The summed E-state index contributed by atoms with van der Waals surface area (Å²) in [5.74, 6) is 0.644. The van der Waals surface area contributed by atoms with Crippen LogP contribution in [0.1, 0.15) is 0 Å². The summed E-state index contributed by atoms with van der Waals surface area (Å²) in [4.78, 5) is 0. The number of rotatable bonds is 0. The van der Waals surface area contributed by atoms with Gasteiger partial charge in [-0.3, -0.25) is 0 Å². The topological polar surface area (TPSA) is 40.5 Å². The standard InChI is InChI=1S/2C6H6O.Ru/c2*7-6-4-2-1-3-5-6;/h2*1-5,7H;. The van der Waals surface area contributed by atoms with Gasteiger partial charge in [0.2, 0.25) is 0 Å². The Kier molecular flexibility index (Phi) is 7.30. The summed E-state index contributed by atoms with van der Waals surface area (Å²) in [6, 6.07) is 17.4. The van der Waals surface area contributed by atoms with Crippen LogP contribution in [0.5, 0.6) is 11.5 Å². The smallest absolute Gasteiger partial charge is 0.115 e. The molecule has 2 N–H and O–H groups in total. The summed E-state index contributed by atoms with van der Waals surface area (Å²) in [6.45, 7) is 0. The normalized spacial score (nSPS) is 8.00. The van der Waals surface area contributed by atoms with Crippen LogP contribution in [0.3, 0.4) is 0 Å². The summed E-state index contributed by atoms with van der Waals surface area (Å²) in [5, 5.41) is 17.3. The van der Waals surface area contributed by atoms with Gasteiger partial charge < -0.3 is 10.2 Å². The fourth-order valence-electron chi connectivity index (χ4n) is 0.856. The van der Waals surface area contributed by atoms with Crippen LogP contribution in [0, 0.1) is 0 Å². The van der Waals surface area contributed by atoms with E-state index in [4.69, 9.17) is 10.2 Å². The van der Waals surface area contributed by atoms with Crippen LogP contribution < -0.4 is 0 Å². The van der Waals surface area contributed by atoms with Crippen LogP contribution in [0.25, 0.3) is 0 Å². The molecule has 0 aliphatic heterocycles. The number of benzene rings is 2. The molecular formula is C12H12O2Ru. The molecule has 0 aliphatic carbocycles. The van der Waals surface area contributed by atoms with E-state index in [2.05, 4.69) is 0 Å². The van der Waals surface area contributed by atoms with Crippen LogP contribution in [0.15, 0.2) is 60.7 Å². The van der Waals surface area contributed by atoms with E-state index in [1.54, 1.807) is 48.5 Å². The molecule has 2 rings (SSSR count). The zero-order valence-corrected chi connectivity index (χ0v) is 9.76. The van der Waals surface area contributed by atoms with Crippen molar-refractivity contribution in [3.8, 4) is 11.5 Å². The monoisotopic (exact) mass is 290 g/mol. The molecule has 3 heteroatoms. The number of phenolic OH excluding ortho intramolecular Hbond substituents is 2. The van der Waals surface area contributed by atoms with E-state index < -0.39 is 0 Å². The Morgan fingerprint density at radius 3 is 0.933 bits per heavy atom. The van der Waals surface area contributed by atoms with Crippen molar-refractivity contribution in [1.82, 2.24) is 0 Å². The summed E-state index contributed by atoms with van der Waals surface area (Å²) >= 11 is 0. The van der Waals surface area contributed by atoms with Gasteiger partial charge in [0.1, 0.15) is 11.5 Å². The van der Waals surface area contributed by atoms with Gasteiger partial charge in [-0.15, -0.1) is 0 Å². The quantitative estimate of drug-likeness (QED) is 0.732. The van der Waals surface area contributed by atoms with Crippen LogP contribution in [0.4, 0.5) is 0 Å². The maximum atomic E-state index is 8.63. The predicted octanol–water partition coefficient (Wildman–Crippen LogP) is 2.78. The van der Waals surface area contributed by atoms with Gasteiger partial charge in [0.05, 0.1) is 0 Å². The van der Waals surface area contributed by atoms with E-state index in [0.717, 1.165) is 0 Å². The van der Waals surface area contributed by atoms with Gasteiger partial charge >= 0.3 is 0 Å². The Bertz CT molecular complexity index is 311. The van der Waals surface area contributed by atoms with E-state index in [1.165, 1.54) is 0 Å². The summed E-state index contributed by atoms with van der Waals surface area (Å²) in [7, 11) is 0. The molecule has 0 saturated carbocycles. The molecule has 80 valence electrons. The van der Waals surface area contributed by atoms with E-state index in [1.807, 2.05) is 12.1 Å². The van der Waals surface area contributed by atoms with Crippen LogP contribution in [-0.2, 0) is 19.5 Å². The minimum atomic E-state index is 0. The first-order valence-corrected chi connectivity index (χ1v) is 4.27. The second kappa shape index (κ2) is 8.01. The van der Waals surface area contributed by atoms with Crippen molar-refractivity contribution < 1.29 is 29.7 Å². The zero-order valence-electron chi connectivity index (χ0n) is 8.02. The summed E-state index contributed by atoms with van der Waals surface area (Å²) in [6.07, 6.45) is 0. The Morgan fingerprint density at radius 2 is 0.800 bits per heavy atom. The van der Waals surface area contributed by atoms with Crippen molar-refractivity contribution in [1.29, 1.82) is 0 Å². The van der Waals surface area contributed by atoms with Crippen molar-refractivity contribution >= 4 is 0 Å². The van der Waals surface area contributed by atoms with E-state index in [9.17, 15) is 0 Å². The molecule has 2 nitrogen and oxygen atoms in total. The van der Waals surface area contributed by atoms with Gasteiger partial charge in [-0.2, -0.15) is 0 Å². The van der Waals surface area contributed by atoms with Crippen molar-refractivity contribution in [3.63, 3.8) is 0 Å². The third-order valence-corrected chi connectivity index (χ3v) is 1.51. The van der Waals surface area contributed by atoms with E-state index in [-0.39, 0.29) is 19.5 Å². The Morgan fingerprint density at radius 1 is 0.533 bits per heavy atom. The third kappa shape index (κ3) is 6.70. The third-order valence-electron chi connectivity index (χ3n) is 1.51. The maximum absolute atomic E-state index is 8.63. The molecule has 0 aromatic heterocycles. The molecule has 0 radical (unpaired) electrons. The minimum absolute atomic E-state index is 0. The minimum Gasteiger partial charge on any atom is -0.508 e. The molecule has 0 saturated heterocycles. The zero-order chi connectivity index (χ0) is 10.2. The van der Waals surface area contributed by atoms with Crippen LogP contribution in [-0.4, -0.2) is 10.2 Å².